The monoisotopic (exact) mass is 315 g/mol. The molecule has 0 bridgehead atoms. The zero-order chi connectivity index (χ0) is 15.5. The summed E-state index contributed by atoms with van der Waals surface area (Å²) in [6.45, 7) is 3.81. The minimum atomic E-state index is -0.0618. The summed E-state index contributed by atoms with van der Waals surface area (Å²) in [5.41, 5.74) is 3.22. The quantitative estimate of drug-likeness (QED) is 0.877. The summed E-state index contributed by atoms with van der Waals surface area (Å²) < 4.78 is 0. The predicted octanol–water partition coefficient (Wildman–Crippen LogP) is 1.90. The van der Waals surface area contributed by atoms with Crippen LogP contribution < -0.4 is 5.32 Å². The van der Waals surface area contributed by atoms with E-state index in [1.165, 1.54) is 16.2 Å². The molecule has 0 saturated heterocycles. The number of aromatic nitrogens is 1. The van der Waals surface area contributed by atoms with Crippen LogP contribution in [-0.2, 0) is 24.3 Å². The first-order valence-electron chi connectivity index (χ1n) is 7.16. The first-order chi connectivity index (χ1) is 10.7. The molecule has 0 aromatic carbocycles. The van der Waals surface area contributed by atoms with Crippen molar-refractivity contribution in [1.29, 1.82) is 0 Å². The number of aryl methyl sites for hydroxylation is 1. The molecule has 0 unspecified atom stereocenters. The first-order valence-corrected chi connectivity index (χ1v) is 7.97. The number of carbonyl (C=O) groups excluding carboxylic acids is 2. The highest BCUT2D eigenvalue weighted by Gasteiger charge is 2.20. The summed E-state index contributed by atoms with van der Waals surface area (Å²) >= 11 is 1.53. The summed E-state index contributed by atoms with van der Waals surface area (Å²) in [6, 6.07) is 3.82. The number of nitrogens with one attached hydrogen (secondary N) is 1. The predicted molar refractivity (Wildman–Crippen MR) is 84.6 cm³/mol. The van der Waals surface area contributed by atoms with E-state index in [0.717, 1.165) is 36.1 Å². The number of amides is 2. The molecule has 2 amide bonds. The Hall–Kier alpha value is -2.21. The minimum absolute atomic E-state index is 0.0618. The van der Waals surface area contributed by atoms with Gasteiger partial charge in [0.25, 0.3) is 5.91 Å². The fourth-order valence-corrected chi connectivity index (χ4v) is 3.60. The molecule has 0 atom stereocenters. The maximum absolute atomic E-state index is 12.3. The van der Waals surface area contributed by atoms with Crippen LogP contribution >= 0.6 is 11.3 Å². The maximum Gasteiger partial charge on any atom is 0.261 e. The molecule has 0 fully saturated rings. The lowest BCUT2D eigenvalue weighted by atomic mass is 10.1. The van der Waals surface area contributed by atoms with Gasteiger partial charge in [-0.15, -0.1) is 11.3 Å². The van der Waals surface area contributed by atoms with E-state index in [4.69, 9.17) is 0 Å². The molecule has 6 heteroatoms. The van der Waals surface area contributed by atoms with Gasteiger partial charge in [0.2, 0.25) is 6.41 Å². The highest BCUT2D eigenvalue weighted by Crippen LogP contribution is 2.27. The second kappa shape index (κ2) is 6.27. The lowest BCUT2D eigenvalue weighted by molar-refractivity contribution is -0.118. The van der Waals surface area contributed by atoms with Gasteiger partial charge in [0.15, 0.2) is 0 Å². The molecule has 5 nitrogen and oxygen atoms in total. The molecule has 2 aromatic rings. The van der Waals surface area contributed by atoms with Gasteiger partial charge in [-0.25, -0.2) is 0 Å². The zero-order valence-electron chi connectivity index (χ0n) is 12.3. The fourth-order valence-electron chi connectivity index (χ4n) is 2.52. The third-order valence-electron chi connectivity index (χ3n) is 3.84. The Morgan fingerprint density at radius 2 is 2.41 bits per heavy atom. The van der Waals surface area contributed by atoms with E-state index in [9.17, 15) is 9.59 Å². The third kappa shape index (κ3) is 3.01. The van der Waals surface area contributed by atoms with Gasteiger partial charge >= 0.3 is 0 Å². The van der Waals surface area contributed by atoms with E-state index in [0.29, 0.717) is 18.0 Å². The Labute approximate surface area is 133 Å². The molecule has 0 spiro atoms. The molecule has 3 heterocycles. The Kier molecular flexibility index (Phi) is 4.20. The van der Waals surface area contributed by atoms with Crippen LogP contribution in [0.2, 0.25) is 0 Å². The molecule has 114 valence electrons. The maximum atomic E-state index is 12.3. The number of carbonyl (C=O) groups is 2. The Morgan fingerprint density at radius 1 is 1.55 bits per heavy atom. The van der Waals surface area contributed by atoms with Crippen LogP contribution in [0.4, 0.5) is 0 Å². The highest BCUT2D eigenvalue weighted by molar-refractivity contribution is 7.14. The molecule has 0 radical (unpaired) electrons. The molecular weight excluding hydrogens is 298 g/mol. The van der Waals surface area contributed by atoms with E-state index >= 15 is 0 Å². The van der Waals surface area contributed by atoms with Crippen LogP contribution in [0.1, 0.15) is 31.2 Å². The van der Waals surface area contributed by atoms with Crippen molar-refractivity contribution in [2.75, 3.05) is 6.54 Å². The van der Waals surface area contributed by atoms with Crippen molar-refractivity contribution < 1.29 is 9.59 Å². The van der Waals surface area contributed by atoms with Gasteiger partial charge in [0.1, 0.15) is 0 Å². The number of rotatable bonds is 4. The van der Waals surface area contributed by atoms with Crippen molar-refractivity contribution >= 4 is 23.7 Å². The molecule has 0 saturated carbocycles. The van der Waals surface area contributed by atoms with Gasteiger partial charge in [-0.1, -0.05) is 0 Å². The number of hydrogen-bond donors (Lipinski definition) is 1. The SMILES string of the molecule is Cc1cnccc1CNC(=O)c1cc2c(s1)CCN(C=O)C2. The van der Waals surface area contributed by atoms with E-state index in [1.807, 2.05) is 19.1 Å². The van der Waals surface area contributed by atoms with Gasteiger partial charge in [-0.05, 0) is 42.2 Å². The summed E-state index contributed by atoms with van der Waals surface area (Å²) in [7, 11) is 0. The summed E-state index contributed by atoms with van der Waals surface area (Å²) in [5, 5.41) is 2.95. The van der Waals surface area contributed by atoms with Gasteiger partial charge in [-0.2, -0.15) is 0 Å². The molecule has 1 aliphatic heterocycles. The van der Waals surface area contributed by atoms with Gasteiger partial charge < -0.3 is 10.2 Å². The zero-order valence-corrected chi connectivity index (χ0v) is 13.2. The van der Waals surface area contributed by atoms with Crippen molar-refractivity contribution in [3.05, 3.63) is 51.0 Å². The number of hydrogen-bond acceptors (Lipinski definition) is 4. The average molecular weight is 315 g/mol. The Balaban J connectivity index is 1.67. The van der Waals surface area contributed by atoms with Crippen molar-refractivity contribution in [2.45, 2.75) is 26.4 Å². The van der Waals surface area contributed by atoms with Gasteiger partial charge in [0, 0.05) is 36.9 Å². The molecule has 0 aliphatic carbocycles. The molecule has 22 heavy (non-hydrogen) atoms. The molecule has 1 aliphatic rings. The van der Waals surface area contributed by atoms with E-state index in [-0.39, 0.29) is 5.91 Å². The summed E-state index contributed by atoms with van der Waals surface area (Å²) in [4.78, 5) is 30.8. The standard InChI is InChI=1S/C16H17N3O2S/c1-11-7-17-4-2-12(11)8-18-16(21)15-6-13-9-19(10-20)5-3-14(13)22-15/h2,4,6-7,10H,3,5,8-9H2,1H3,(H,18,21). The highest BCUT2D eigenvalue weighted by atomic mass is 32.1. The van der Waals surface area contributed by atoms with Crippen LogP contribution in [0.5, 0.6) is 0 Å². The van der Waals surface area contributed by atoms with E-state index in [1.54, 1.807) is 17.3 Å². The number of pyridine rings is 1. The number of fused-ring (bicyclic) bond motifs is 1. The molecule has 3 rings (SSSR count). The Morgan fingerprint density at radius 3 is 3.18 bits per heavy atom. The van der Waals surface area contributed by atoms with Crippen LogP contribution in [0, 0.1) is 6.92 Å². The lowest BCUT2D eigenvalue weighted by Gasteiger charge is -2.22. The largest absolute Gasteiger partial charge is 0.347 e. The van der Waals surface area contributed by atoms with Crippen molar-refractivity contribution in [2.24, 2.45) is 0 Å². The number of nitrogens with zero attached hydrogens (tertiary/aromatic N) is 2. The second-order valence-electron chi connectivity index (χ2n) is 5.37. The van der Waals surface area contributed by atoms with Crippen molar-refractivity contribution in [3.63, 3.8) is 0 Å². The smallest absolute Gasteiger partial charge is 0.261 e. The van der Waals surface area contributed by atoms with Crippen LogP contribution in [-0.4, -0.2) is 28.7 Å². The molecule has 2 aromatic heterocycles. The normalized spacial score (nSPS) is 13.6. The molecular formula is C16H17N3O2S. The van der Waals surface area contributed by atoms with Gasteiger partial charge in [0.05, 0.1) is 4.88 Å². The number of thiophene rings is 1. The van der Waals surface area contributed by atoms with Crippen molar-refractivity contribution in [1.82, 2.24) is 15.2 Å². The summed E-state index contributed by atoms with van der Waals surface area (Å²) in [6.07, 6.45) is 5.22. The molecule has 1 N–H and O–H groups in total. The van der Waals surface area contributed by atoms with Crippen molar-refractivity contribution in [3.8, 4) is 0 Å². The second-order valence-corrected chi connectivity index (χ2v) is 6.51. The topological polar surface area (TPSA) is 62.3 Å². The summed E-state index contributed by atoms with van der Waals surface area (Å²) in [5.74, 6) is -0.0618. The Bertz CT molecular complexity index is 711. The fraction of sp³-hybridized carbons (Fsp3) is 0.312. The van der Waals surface area contributed by atoms with Crippen LogP contribution in [0.15, 0.2) is 24.5 Å². The van der Waals surface area contributed by atoms with Gasteiger partial charge in [-0.3, -0.25) is 14.6 Å². The van der Waals surface area contributed by atoms with E-state index in [2.05, 4.69) is 10.3 Å². The third-order valence-corrected chi connectivity index (χ3v) is 5.08. The van der Waals surface area contributed by atoms with Crippen LogP contribution in [0.25, 0.3) is 0 Å². The van der Waals surface area contributed by atoms with Crippen LogP contribution in [0.3, 0.4) is 0 Å². The lowest BCUT2D eigenvalue weighted by Crippen LogP contribution is -2.27. The van der Waals surface area contributed by atoms with E-state index < -0.39 is 0 Å². The average Bonchev–Trinajstić information content (AvgIpc) is 2.96. The minimum Gasteiger partial charge on any atom is -0.347 e. The first kappa shape index (κ1) is 14.7.